The lowest BCUT2D eigenvalue weighted by Gasteiger charge is -2.09. The van der Waals surface area contributed by atoms with E-state index in [0.29, 0.717) is 26.4 Å². The molecule has 8 heteroatoms. The van der Waals surface area contributed by atoms with E-state index in [9.17, 15) is 8.42 Å². The monoisotopic (exact) mass is 521 g/mol. The molecular formula is C29H31NO6S. The summed E-state index contributed by atoms with van der Waals surface area (Å²) in [5, 5.41) is 1.01. The summed E-state index contributed by atoms with van der Waals surface area (Å²) in [6.45, 7) is 5.57. The van der Waals surface area contributed by atoms with Crippen molar-refractivity contribution in [3.05, 3.63) is 90.0 Å². The molecule has 0 spiro atoms. The van der Waals surface area contributed by atoms with Gasteiger partial charge in [0.2, 0.25) is 0 Å². The van der Waals surface area contributed by atoms with Crippen molar-refractivity contribution in [2.45, 2.75) is 18.7 Å². The van der Waals surface area contributed by atoms with E-state index >= 15 is 0 Å². The number of aryl methyl sites for hydroxylation is 2. The Morgan fingerprint density at radius 1 is 0.676 bits per heavy atom. The molecular weight excluding hydrogens is 490 g/mol. The molecule has 0 atom stereocenters. The van der Waals surface area contributed by atoms with Gasteiger partial charge in [-0.25, -0.2) is 4.98 Å². The fraction of sp³-hybridized carbons (Fsp3) is 0.276. The van der Waals surface area contributed by atoms with Crippen LogP contribution < -0.4 is 4.74 Å². The van der Waals surface area contributed by atoms with Crippen molar-refractivity contribution in [2.75, 3.05) is 39.6 Å². The van der Waals surface area contributed by atoms with Crippen LogP contribution in [0.2, 0.25) is 0 Å². The van der Waals surface area contributed by atoms with E-state index < -0.39 is 10.1 Å². The van der Waals surface area contributed by atoms with Crippen LogP contribution in [0.5, 0.6) is 5.75 Å². The molecule has 0 fully saturated rings. The Morgan fingerprint density at radius 2 is 1.30 bits per heavy atom. The van der Waals surface area contributed by atoms with Crippen molar-refractivity contribution in [3.8, 4) is 17.0 Å². The van der Waals surface area contributed by atoms with Crippen molar-refractivity contribution in [2.24, 2.45) is 0 Å². The maximum absolute atomic E-state index is 12.1. The van der Waals surface area contributed by atoms with Crippen LogP contribution in [0.4, 0.5) is 0 Å². The van der Waals surface area contributed by atoms with Crippen LogP contribution in [0.3, 0.4) is 0 Å². The first-order valence-corrected chi connectivity index (χ1v) is 13.5. The zero-order valence-electron chi connectivity index (χ0n) is 21.1. The summed E-state index contributed by atoms with van der Waals surface area (Å²) in [6.07, 6.45) is 0. The largest absolute Gasteiger partial charge is 0.491 e. The Bertz CT molecular complexity index is 1400. The highest BCUT2D eigenvalue weighted by Crippen LogP contribution is 2.24. The minimum atomic E-state index is -3.77. The molecule has 0 saturated heterocycles. The van der Waals surface area contributed by atoms with Gasteiger partial charge in [0.1, 0.15) is 12.4 Å². The van der Waals surface area contributed by atoms with Gasteiger partial charge in [0.15, 0.2) is 0 Å². The van der Waals surface area contributed by atoms with Gasteiger partial charge in [0.25, 0.3) is 10.1 Å². The predicted molar refractivity (Wildman–Crippen MR) is 143 cm³/mol. The average Bonchev–Trinajstić information content (AvgIpc) is 2.90. The maximum Gasteiger partial charge on any atom is 0.297 e. The van der Waals surface area contributed by atoms with Gasteiger partial charge in [-0.3, -0.25) is 4.18 Å². The fourth-order valence-corrected chi connectivity index (χ4v) is 4.49. The highest BCUT2D eigenvalue weighted by atomic mass is 32.2. The molecule has 0 aliphatic carbocycles. The summed E-state index contributed by atoms with van der Waals surface area (Å²) in [6, 6.07) is 24.7. The smallest absolute Gasteiger partial charge is 0.297 e. The first-order valence-electron chi connectivity index (χ1n) is 12.1. The van der Waals surface area contributed by atoms with Gasteiger partial charge in [0.05, 0.1) is 49.1 Å². The molecule has 1 heterocycles. The molecule has 0 saturated carbocycles. The van der Waals surface area contributed by atoms with Gasteiger partial charge < -0.3 is 14.2 Å². The van der Waals surface area contributed by atoms with Crippen molar-refractivity contribution in [1.29, 1.82) is 0 Å². The van der Waals surface area contributed by atoms with Gasteiger partial charge in [-0.05, 0) is 50.2 Å². The number of hydrogen-bond acceptors (Lipinski definition) is 7. The zero-order chi connectivity index (χ0) is 26.1. The van der Waals surface area contributed by atoms with Crippen LogP contribution in [0.15, 0.2) is 83.8 Å². The van der Waals surface area contributed by atoms with Crippen molar-refractivity contribution < 1.29 is 26.8 Å². The Balaban J connectivity index is 1.11. The van der Waals surface area contributed by atoms with Gasteiger partial charge in [0, 0.05) is 10.9 Å². The second-order valence-corrected chi connectivity index (χ2v) is 10.2. The summed E-state index contributed by atoms with van der Waals surface area (Å²) < 4.78 is 45.9. The van der Waals surface area contributed by atoms with E-state index in [-0.39, 0.29) is 18.1 Å². The van der Waals surface area contributed by atoms with Crippen molar-refractivity contribution in [3.63, 3.8) is 0 Å². The van der Waals surface area contributed by atoms with Crippen LogP contribution in [-0.4, -0.2) is 53.0 Å². The molecule has 0 unspecified atom stereocenters. The molecule has 7 nitrogen and oxygen atoms in total. The van der Waals surface area contributed by atoms with E-state index in [2.05, 4.69) is 31.2 Å². The molecule has 3 aromatic carbocycles. The number of nitrogens with zero attached hydrogens (tertiary/aromatic N) is 1. The summed E-state index contributed by atoms with van der Waals surface area (Å²) in [5.41, 5.74) is 5.15. The van der Waals surface area contributed by atoms with E-state index in [4.69, 9.17) is 23.4 Å². The Morgan fingerprint density at radius 3 is 2.00 bits per heavy atom. The van der Waals surface area contributed by atoms with Crippen molar-refractivity contribution >= 4 is 21.0 Å². The maximum atomic E-state index is 12.1. The molecule has 194 valence electrons. The predicted octanol–water partition coefficient (Wildman–Crippen LogP) is 5.34. The second kappa shape index (κ2) is 12.8. The number of pyridine rings is 1. The topological polar surface area (TPSA) is 84.0 Å². The summed E-state index contributed by atoms with van der Waals surface area (Å²) >= 11 is 0. The number of aromatic nitrogens is 1. The number of ether oxygens (including phenoxy) is 3. The minimum absolute atomic E-state index is 0.0529. The molecule has 0 bridgehead atoms. The van der Waals surface area contributed by atoms with Crippen molar-refractivity contribution in [1.82, 2.24) is 4.98 Å². The zero-order valence-corrected chi connectivity index (χ0v) is 21.9. The SMILES string of the molecule is Cc1ccc(-c2ccc3cc(OCCOCCOCCOS(=O)(=O)c4ccc(C)cc4)ccc3n2)cc1. The van der Waals surface area contributed by atoms with E-state index in [1.54, 1.807) is 12.1 Å². The van der Waals surface area contributed by atoms with Crippen LogP contribution in [0.25, 0.3) is 22.2 Å². The molecule has 0 N–H and O–H groups in total. The molecule has 1 aromatic heterocycles. The molecule has 4 rings (SSSR count). The lowest BCUT2D eigenvalue weighted by atomic mass is 10.1. The van der Waals surface area contributed by atoms with Crippen LogP contribution in [0, 0.1) is 13.8 Å². The minimum Gasteiger partial charge on any atom is -0.491 e. The second-order valence-electron chi connectivity index (χ2n) is 8.58. The Hall–Kier alpha value is -3.30. The molecule has 0 amide bonds. The third kappa shape index (κ3) is 7.84. The molecule has 37 heavy (non-hydrogen) atoms. The highest BCUT2D eigenvalue weighted by molar-refractivity contribution is 7.86. The van der Waals surface area contributed by atoms with Crippen LogP contribution >= 0.6 is 0 Å². The molecule has 0 aliphatic heterocycles. The van der Waals surface area contributed by atoms with Gasteiger partial charge >= 0.3 is 0 Å². The summed E-state index contributed by atoms with van der Waals surface area (Å²) in [5.74, 6) is 0.754. The normalized spacial score (nSPS) is 11.6. The lowest BCUT2D eigenvalue weighted by Crippen LogP contribution is -2.14. The molecule has 0 aliphatic rings. The van der Waals surface area contributed by atoms with Crippen LogP contribution in [0.1, 0.15) is 11.1 Å². The third-order valence-corrected chi connectivity index (χ3v) is 6.98. The quantitative estimate of drug-likeness (QED) is 0.174. The highest BCUT2D eigenvalue weighted by Gasteiger charge is 2.14. The number of fused-ring (bicyclic) bond motifs is 1. The summed E-state index contributed by atoms with van der Waals surface area (Å²) in [4.78, 5) is 4.90. The van der Waals surface area contributed by atoms with Gasteiger partial charge in [-0.15, -0.1) is 0 Å². The fourth-order valence-electron chi connectivity index (χ4n) is 3.59. The van der Waals surface area contributed by atoms with Gasteiger partial charge in [-0.1, -0.05) is 53.6 Å². The van der Waals surface area contributed by atoms with Gasteiger partial charge in [-0.2, -0.15) is 8.42 Å². The first-order chi connectivity index (χ1) is 17.9. The average molecular weight is 522 g/mol. The Labute approximate surface area is 218 Å². The van der Waals surface area contributed by atoms with E-state index in [1.807, 2.05) is 37.3 Å². The summed E-state index contributed by atoms with van der Waals surface area (Å²) in [7, 11) is -3.77. The number of benzene rings is 3. The molecule has 4 aromatic rings. The number of hydrogen-bond donors (Lipinski definition) is 0. The Kier molecular flexibility index (Phi) is 9.24. The first kappa shape index (κ1) is 26.8. The van der Waals surface area contributed by atoms with Crippen LogP contribution in [-0.2, 0) is 23.8 Å². The molecule has 0 radical (unpaired) electrons. The number of rotatable bonds is 13. The standard InChI is InChI=1S/C29H31NO6S/c1-22-3-7-24(8-4-22)28-13-9-25-21-26(10-14-29(25)30-28)35-19-17-33-15-16-34-18-20-36-37(31,32)27-11-5-23(2)6-12-27/h3-14,21H,15-20H2,1-2H3. The lowest BCUT2D eigenvalue weighted by molar-refractivity contribution is 0.0279. The van der Waals surface area contributed by atoms with E-state index in [0.717, 1.165) is 33.5 Å². The third-order valence-electron chi connectivity index (χ3n) is 5.65. The van der Waals surface area contributed by atoms with E-state index in [1.165, 1.54) is 17.7 Å².